The molecule has 0 aliphatic carbocycles. The summed E-state index contributed by atoms with van der Waals surface area (Å²) in [6.45, 7) is 3.13. The van der Waals surface area contributed by atoms with Gasteiger partial charge in [-0.25, -0.2) is 9.78 Å². The van der Waals surface area contributed by atoms with Crippen molar-refractivity contribution in [3.63, 3.8) is 0 Å². The van der Waals surface area contributed by atoms with Gasteiger partial charge in [0.25, 0.3) is 11.8 Å². The van der Waals surface area contributed by atoms with Crippen LogP contribution < -0.4 is 5.32 Å². The van der Waals surface area contributed by atoms with Crippen LogP contribution in [0, 0.1) is 18.3 Å². The van der Waals surface area contributed by atoms with Crippen LogP contribution in [0.4, 0.5) is 5.69 Å². The zero-order chi connectivity index (χ0) is 25.7. The number of esters is 1. The highest BCUT2D eigenvalue weighted by Gasteiger charge is 2.25. The molecule has 4 rings (SSSR count). The highest BCUT2D eigenvalue weighted by Crippen LogP contribution is 2.29. The fraction of sp³-hybridized carbons (Fsp3) is 0.250. The number of piperidine rings is 1. The molecule has 2 aromatic carbocycles. The number of methoxy groups -OCH3 is 1. The molecule has 36 heavy (non-hydrogen) atoms. The number of aromatic nitrogens is 1. The van der Waals surface area contributed by atoms with Crippen LogP contribution in [-0.2, 0) is 4.74 Å². The van der Waals surface area contributed by atoms with Crippen LogP contribution in [-0.4, -0.2) is 47.9 Å². The fourth-order valence-corrected chi connectivity index (χ4v) is 4.27. The highest BCUT2D eigenvalue weighted by atomic mass is 16.5. The van der Waals surface area contributed by atoms with Gasteiger partial charge in [0.05, 0.1) is 24.3 Å². The van der Waals surface area contributed by atoms with Gasteiger partial charge in [0, 0.05) is 30.5 Å². The molecular formula is C28H26N4O4. The van der Waals surface area contributed by atoms with Gasteiger partial charge in [-0.2, -0.15) is 5.26 Å². The monoisotopic (exact) mass is 482 g/mol. The number of hydrogen-bond acceptors (Lipinski definition) is 6. The summed E-state index contributed by atoms with van der Waals surface area (Å²) in [6, 6.07) is 18.0. The number of nitriles is 1. The van der Waals surface area contributed by atoms with Crippen molar-refractivity contribution in [1.82, 2.24) is 9.88 Å². The lowest BCUT2D eigenvalue weighted by Crippen LogP contribution is -2.38. The number of likely N-dealkylation sites (tertiary alicyclic amines) is 1. The van der Waals surface area contributed by atoms with Crippen LogP contribution in [0.5, 0.6) is 0 Å². The zero-order valence-corrected chi connectivity index (χ0v) is 20.2. The number of nitrogens with one attached hydrogen (secondary N) is 1. The Hall–Kier alpha value is -4.51. The number of anilines is 1. The first-order valence-electron chi connectivity index (χ1n) is 11.7. The number of carbonyl (C=O) groups is 3. The summed E-state index contributed by atoms with van der Waals surface area (Å²) >= 11 is 0. The molecule has 0 saturated carbocycles. The molecule has 8 nitrogen and oxygen atoms in total. The molecule has 1 saturated heterocycles. The van der Waals surface area contributed by atoms with Crippen LogP contribution in [0.15, 0.2) is 60.8 Å². The number of benzene rings is 2. The van der Waals surface area contributed by atoms with E-state index in [2.05, 4.69) is 21.1 Å². The molecule has 2 amide bonds. The number of amides is 2. The van der Waals surface area contributed by atoms with E-state index in [4.69, 9.17) is 5.26 Å². The third-order valence-corrected chi connectivity index (χ3v) is 6.45. The molecule has 1 N–H and O–H groups in total. The summed E-state index contributed by atoms with van der Waals surface area (Å²) in [5, 5.41) is 11.8. The number of rotatable bonds is 5. The van der Waals surface area contributed by atoms with E-state index in [-0.39, 0.29) is 17.2 Å². The molecule has 8 heteroatoms. The quantitative estimate of drug-likeness (QED) is 0.542. The SMILES string of the molecule is COC(=O)c1ccc(C(=O)Nc2cc(C(=O)N3CCC(c4ccc(C#N)cc4)CC3)ccc2C)cn1. The van der Waals surface area contributed by atoms with Crippen molar-refractivity contribution in [2.75, 3.05) is 25.5 Å². The van der Waals surface area contributed by atoms with Crippen molar-refractivity contribution in [3.05, 3.63) is 94.3 Å². The molecule has 1 aliphatic rings. The van der Waals surface area contributed by atoms with Gasteiger partial charge in [0.15, 0.2) is 0 Å². The maximum Gasteiger partial charge on any atom is 0.356 e. The van der Waals surface area contributed by atoms with E-state index in [1.807, 2.05) is 42.2 Å². The maximum atomic E-state index is 13.2. The average molecular weight is 483 g/mol. The van der Waals surface area contributed by atoms with Crippen molar-refractivity contribution >= 4 is 23.5 Å². The smallest absolute Gasteiger partial charge is 0.356 e. The molecule has 0 bridgehead atoms. The second-order valence-corrected chi connectivity index (χ2v) is 8.71. The predicted octanol–water partition coefficient (Wildman–Crippen LogP) is 4.32. The maximum absolute atomic E-state index is 13.2. The molecule has 0 unspecified atom stereocenters. The molecule has 182 valence electrons. The van der Waals surface area contributed by atoms with Gasteiger partial charge in [-0.1, -0.05) is 18.2 Å². The Balaban J connectivity index is 1.40. The normalized spacial score (nSPS) is 13.5. The van der Waals surface area contributed by atoms with Crippen molar-refractivity contribution in [3.8, 4) is 6.07 Å². The summed E-state index contributed by atoms with van der Waals surface area (Å²) in [5.41, 5.74) is 4.09. The van der Waals surface area contributed by atoms with Gasteiger partial charge in [-0.3, -0.25) is 9.59 Å². The summed E-state index contributed by atoms with van der Waals surface area (Å²) in [5.74, 6) is -0.693. The number of hydrogen-bond donors (Lipinski definition) is 1. The van der Waals surface area contributed by atoms with Crippen LogP contribution >= 0.6 is 0 Å². The largest absolute Gasteiger partial charge is 0.464 e. The summed E-state index contributed by atoms with van der Waals surface area (Å²) in [4.78, 5) is 43.3. The number of nitrogens with zero attached hydrogens (tertiary/aromatic N) is 3. The van der Waals surface area contributed by atoms with Crippen molar-refractivity contribution < 1.29 is 19.1 Å². The van der Waals surface area contributed by atoms with Gasteiger partial charge in [0.2, 0.25) is 0 Å². The lowest BCUT2D eigenvalue weighted by atomic mass is 9.89. The van der Waals surface area contributed by atoms with E-state index in [1.165, 1.54) is 31.0 Å². The van der Waals surface area contributed by atoms with Crippen LogP contribution in [0.25, 0.3) is 0 Å². The van der Waals surface area contributed by atoms with Crippen LogP contribution in [0.1, 0.15) is 66.7 Å². The van der Waals surface area contributed by atoms with E-state index in [0.717, 1.165) is 18.4 Å². The number of carbonyl (C=O) groups excluding carboxylic acids is 3. The molecule has 0 atom stereocenters. The molecule has 3 aromatic rings. The van der Waals surface area contributed by atoms with E-state index in [1.54, 1.807) is 12.1 Å². The van der Waals surface area contributed by atoms with Crippen LogP contribution in [0.3, 0.4) is 0 Å². The Bertz CT molecular complexity index is 1320. The van der Waals surface area contributed by atoms with Crippen molar-refractivity contribution in [2.45, 2.75) is 25.7 Å². The first-order valence-corrected chi connectivity index (χ1v) is 11.7. The average Bonchev–Trinajstić information content (AvgIpc) is 2.93. The Labute approximate surface area is 209 Å². The zero-order valence-electron chi connectivity index (χ0n) is 20.2. The molecule has 1 fully saturated rings. The van der Waals surface area contributed by atoms with Gasteiger partial charge in [-0.05, 0) is 73.2 Å². The third-order valence-electron chi connectivity index (χ3n) is 6.45. The van der Waals surface area contributed by atoms with Crippen LogP contribution in [0.2, 0.25) is 0 Å². The fourth-order valence-electron chi connectivity index (χ4n) is 4.27. The summed E-state index contributed by atoms with van der Waals surface area (Å²) < 4.78 is 4.62. The molecule has 0 radical (unpaired) electrons. The Morgan fingerprint density at radius 3 is 2.33 bits per heavy atom. The standard InChI is InChI=1S/C28H26N4O4/c1-18-3-6-22(15-25(18)31-26(33)23-9-10-24(30-17-23)28(35)36-2)27(34)32-13-11-21(12-14-32)20-7-4-19(16-29)5-8-20/h3-10,15,17,21H,11-14H2,1-2H3,(H,31,33). The lowest BCUT2D eigenvalue weighted by Gasteiger charge is -2.32. The predicted molar refractivity (Wildman–Crippen MR) is 134 cm³/mol. The minimum Gasteiger partial charge on any atom is -0.464 e. The summed E-state index contributed by atoms with van der Waals surface area (Å²) in [6.07, 6.45) is 3.01. The molecule has 2 heterocycles. The molecule has 1 aromatic heterocycles. The van der Waals surface area contributed by atoms with Gasteiger partial charge < -0.3 is 15.0 Å². The lowest BCUT2D eigenvalue weighted by molar-refractivity contribution is 0.0593. The topological polar surface area (TPSA) is 112 Å². The Morgan fingerprint density at radius 1 is 1.03 bits per heavy atom. The number of ether oxygens (including phenoxy) is 1. The number of aryl methyl sites for hydroxylation is 1. The minimum absolute atomic E-state index is 0.0760. The second kappa shape index (κ2) is 10.8. The second-order valence-electron chi connectivity index (χ2n) is 8.71. The van der Waals surface area contributed by atoms with E-state index < -0.39 is 11.9 Å². The first-order chi connectivity index (χ1) is 17.4. The summed E-state index contributed by atoms with van der Waals surface area (Å²) in [7, 11) is 1.26. The minimum atomic E-state index is -0.579. The van der Waals surface area contributed by atoms with Gasteiger partial charge in [-0.15, -0.1) is 0 Å². The Kier molecular flexibility index (Phi) is 7.40. The third kappa shape index (κ3) is 5.41. The van der Waals surface area contributed by atoms with Crippen molar-refractivity contribution in [2.24, 2.45) is 0 Å². The number of pyridine rings is 1. The molecule has 0 spiro atoms. The molecule has 1 aliphatic heterocycles. The van der Waals surface area contributed by atoms with Crippen molar-refractivity contribution in [1.29, 1.82) is 5.26 Å². The van der Waals surface area contributed by atoms with E-state index >= 15 is 0 Å². The van der Waals surface area contributed by atoms with Gasteiger partial charge >= 0.3 is 5.97 Å². The first kappa shape index (κ1) is 24.6. The van der Waals surface area contributed by atoms with E-state index in [0.29, 0.717) is 35.8 Å². The Morgan fingerprint density at radius 2 is 1.72 bits per heavy atom. The van der Waals surface area contributed by atoms with Gasteiger partial charge in [0.1, 0.15) is 5.69 Å². The van der Waals surface area contributed by atoms with E-state index in [9.17, 15) is 14.4 Å². The molecular weight excluding hydrogens is 456 g/mol. The highest BCUT2D eigenvalue weighted by molar-refractivity contribution is 6.05.